The van der Waals surface area contributed by atoms with E-state index in [1.54, 1.807) is 30.5 Å². The van der Waals surface area contributed by atoms with Gasteiger partial charge in [0.1, 0.15) is 11.2 Å². The van der Waals surface area contributed by atoms with Gasteiger partial charge in [-0.2, -0.15) is 0 Å². The summed E-state index contributed by atoms with van der Waals surface area (Å²) in [6, 6.07) is 12.5. The van der Waals surface area contributed by atoms with E-state index in [1.807, 2.05) is 18.2 Å². The van der Waals surface area contributed by atoms with Crippen LogP contribution in [-0.4, -0.2) is 15.9 Å². The molecule has 0 unspecified atom stereocenters. The van der Waals surface area contributed by atoms with Gasteiger partial charge in [0.05, 0.1) is 5.39 Å². The smallest absolute Gasteiger partial charge is 0.249 e. The Hall–Kier alpha value is -2.49. The number of rotatable bonds is 2. The molecule has 4 nitrogen and oxygen atoms in total. The minimum Gasteiger partial charge on any atom is -0.351 e. The maximum absolute atomic E-state index is 12.1. The second kappa shape index (κ2) is 3.83. The highest BCUT2D eigenvalue weighted by Crippen LogP contribution is 2.19. The Kier molecular flexibility index (Phi) is 2.19. The Morgan fingerprint density at radius 2 is 1.88 bits per heavy atom. The third-order valence-electron chi connectivity index (χ3n) is 2.49. The van der Waals surface area contributed by atoms with Crippen LogP contribution in [0.3, 0.4) is 0 Å². The van der Waals surface area contributed by atoms with Gasteiger partial charge in [0.25, 0.3) is 0 Å². The Morgan fingerprint density at radius 3 is 2.71 bits per heavy atom. The van der Waals surface area contributed by atoms with Gasteiger partial charge in [0.15, 0.2) is 0 Å². The molecule has 4 heteroatoms. The molecule has 0 N–H and O–H groups in total. The normalized spacial score (nSPS) is 10.6. The number of pyridine rings is 1. The number of carbonyl (C=O) groups is 1. The van der Waals surface area contributed by atoms with Crippen LogP contribution in [-0.2, 0) is 0 Å². The SMILES string of the molecule is O=C(c1ccccn1)c1onc2ccccc12. The van der Waals surface area contributed by atoms with Crippen molar-refractivity contribution in [2.24, 2.45) is 0 Å². The summed E-state index contributed by atoms with van der Waals surface area (Å²) < 4.78 is 5.09. The lowest BCUT2D eigenvalue weighted by Crippen LogP contribution is -2.02. The predicted molar refractivity (Wildman–Crippen MR) is 61.7 cm³/mol. The first-order chi connectivity index (χ1) is 8.36. The standard InChI is InChI=1S/C13H8N2O2/c16-12(11-7-3-4-8-14-11)13-9-5-1-2-6-10(9)15-17-13/h1-8H. The number of aromatic nitrogens is 2. The highest BCUT2D eigenvalue weighted by atomic mass is 16.5. The van der Waals surface area contributed by atoms with Gasteiger partial charge in [0.2, 0.25) is 11.5 Å². The molecular weight excluding hydrogens is 216 g/mol. The van der Waals surface area contributed by atoms with Crippen LogP contribution in [0, 0.1) is 0 Å². The molecular formula is C13H8N2O2. The van der Waals surface area contributed by atoms with Crippen molar-refractivity contribution >= 4 is 16.7 Å². The highest BCUT2D eigenvalue weighted by Gasteiger charge is 2.18. The molecule has 82 valence electrons. The van der Waals surface area contributed by atoms with Gasteiger partial charge in [-0.05, 0) is 24.3 Å². The summed E-state index contributed by atoms with van der Waals surface area (Å²) in [5, 5.41) is 4.55. The summed E-state index contributed by atoms with van der Waals surface area (Å²) in [6.07, 6.45) is 1.58. The van der Waals surface area contributed by atoms with Gasteiger partial charge in [-0.3, -0.25) is 9.78 Å². The van der Waals surface area contributed by atoms with Crippen molar-refractivity contribution in [1.29, 1.82) is 0 Å². The van der Waals surface area contributed by atoms with Crippen molar-refractivity contribution < 1.29 is 9.32 Å². The zero-order valence-electron chi connectivity index (χ0n) is 8.83. The molecule has 3 rings (SSSR count). The van der Waals surface area contributed by atoms with Gasteiger partial charge in [-0.1, -0.05) is 23.4 Å². The third-order valence-corrected chi connectivity index (χ3v) is 2.49. The summed E-state index contributed by atoms with van der Waals surface area (Å²) >= 11 is 0. The molecule has 0 atom stereocenters. The van der Waals surface area contributed by atoms with Gasteiger partial charge in [-0.15, -0.1) is 0 Å². The van der Waals surface area contributed by atoms with Crippen molar-refractivity contribution in [2.75, 3.05) is 0 Å². The number of benzene rings is 1. The molecule has 0 fully saturated rings. The molecule has 3 aromatic rings. The van der Waals surface area contributed by atoms with Crippen molar-refractivity contribution in [3.8, 4) is 0 Å². The first-order valence-corrected chi connectivity index (χ1v) is 5.16. The highest BCUT2D eigenvalue weighted by molar-refractivity contribution is 6.12. The zero-order chi connectivity index (χ0) is 11.7. The number of hydrogen-bond donors (Lipinski definition) is 0. The van der Waals surface area contributed by atoms with Crippen molar-refractivity contribution in [3.63, 3.8) is 0 Å². The molecule has 0 radical (unpaired) electrons. The second-order valence-electron chi connectivity index (χ2n) is 3.57. The molecule has 1 aromatic carbocycles. The van der Waals surface area contributed by atoms with E-state index < -0.39 is 0 Å². The fraction of sp³-hybridized carbons (Fsp3) is 0. The van der Waals surface area contributed by atoms with E-state index in [-0.39, 0.29) is 11.5 Å². The molecule has 0 amide bonds. The minimum atomic E-state index is -0.251. The van der Waals surface area contributed by atoms with Crippen LogP contribution >= 0.6 is 0 Å². The maximum Gasteiger partial charge on any atom is 0.249 e. The second-order valence-corrected chi connectivity index (χ2v) is 3.57. The summed E-state index contributed by atoms with van der Waals surface area (Å²) in [5.41, 5.74) is 1.03. The van der Waals surface area contributed by atoms with Crippen molar-refractivity contribution in [1.82, 2.24) is 10.1 Å². The van der Waals surface area contributed by atoms with Crippen LogP contribution in [0.2, 0.25) is 0 Å². The van der Waals surface area contributed by atoms with Gasteiger partial charge in [-0.25, -0.2) is 0 Å². The van der Waals surface area contributed by atoms with Gasteiger partial charge in [0, 0.05) is 6.20 Å². The van der Waals surface area contributed by atoms with Crippen molar-refractivity contribution in [3.05, 3.63) is 60.1 Å². The summed E-state index contributed by atoms with van der Waals surface area (Å²) in [4.78, 5) is 16.1. The molecule has 0 aliphatic heterocycles. The van der Waals surface area contributed by atoms with E-state index >= 15 is 0 Å². The minimum absolute atomic E-state index is 0.235. The fourth-order valence-electron chi connectivity index (χ4n) is 1.67. The zero-order valence-corrected chi connectivity index (χ0v) is 8.83. The van der Waals surface area contributed by atoms with Gasteiger partial charge >= 0.3 is 0 Å². The lowest BCUT2D eigenvalue weighted by Gasteiger charge is -1.95. The monoisotopic (exact) mass is 224 g/mol. The maximum atomic E-state index is 12.1. The Labute approximate surface area is 96.9 Å². The van der Waals surface area contributed by atoms with E-state index in [0.717, 1.165) is 0 Å². The fourth-order valence-corrected chi connectivity index (χ4v) is 1.67. The summed E-state index contributed by atoms with van der Waals surface area (Å²) in [7, 11) is 0. The van der Waals surface area contributed by atoms with Crippen LogP contribution in [0.25, 0.3) is 10.9 Å². The number of carbonyl (C=O) groups excluding carboxylic acids is 1. The average molecular weight is 224 g/mol. The van der Waals surface area contributed by atoms with Crippen LogP contribution in [0.4, 0.5) is 0 Å². The number of nitrogens with zero attached hydrogens (tertiary/aromatic N) is 2. The van der Waals surface area contributed by atoms with E-state index in [2.05, 4.69) is 10.1 Å². The molecule has 0 saturated heterocycles. The number of fused-ring (bicyclic) bond motifs is 1. The molecule has 0 saturated carbocycles. The Bertz CT molecular complexity index is 674. The third kappa shape index (κ3) is 1.59. The average Bonchev–Trinajstić information content (AvgIpc) is 2.83. The molecule has 0 aliphatic carbocycles. The number of ketones is 1. The van der Waals surface area contributed by atoms with E-state index in [0.29, 0.717) is 16.6 Å². The summed E-state index contributed by atoms with van der Waals surface area (Å²) in [6.45, 7) is 0. The molecule has 17 heavy (non-hydrogen) atoms. The van der Waals surface area contributed by atoms with E-state index in [4.69, 9.17) is 4.52 Å². The van der Waals surface area contributed by atoms with Gasteiger partial charge < -0.3 is 4.52 Å². The van der Waals surface area contributed by atoms with E-state index in [9.17, 15) is 4.79 Å². The molecule has 0 aliphatic rings. The van der Waals surface area contributed by atoms with Crippen LogP contribution in [0.1, 0.15) is 16.2 Å². The topological polar surface area (TPSA) is 56.0 Å². The van der Waals surface area contributed by atoms with Crippen LogP contribution in [0.15, 0.2) is 53.2 Å². The molecule has 2 heterocycles. The first kappa shape index (κ1) is 9.72. The molecule has 2 aromatic heterocycles. The molecule has 0 bridgehead atoms. The van der Waals surface area contributed by atoms with Crippen LogP contribution < -0.4 is 0 Å². The predicted octanol–water partition coefficient (Wildman–Crippen LogP) is 2.45. The number of hydrogen-bond acceptors (Lipinski definition) is 4. The largest absolute Gasteiger partial charge is 0.351 e. The lowest BCUT2D eigenvalue weighted by molar-refractivity contribution is 0.0998. The lowest BCUT2D eigenvalue weighted by atomic mass is 10.1. The Balaban J connectivity index is 2.14. The van der Waals surface area contributed by atoms with E-state index in [1.165, 1.54) is 0 Å². The quantitative estimate of drug-likeness (QED) is 0.627. The Morgan fingerprint density at radius 1 is 1.06 bits per heavy atom. The first-order valence-electron chi connectivity index (χ1n) is 5.16. The summed E-state index contributed by atoms with van der Waals surface area (Å²) in [5.74, 6) is -0.0152. The molecule has 0 spiro atoms. The van der Waals surface area contributed by atoms with Crippen molar-refractivity contribution in [2.45, 2.75) is 0 Å². The van der Waals surface area contributed by atoms with Crippen LogP contribution in [0.5, 0.6) is 0 Å².